The van der Waals surface area contributed by atoms with Gasteiger partial charge in [-0.1, -0.05) is 30.3 Å². The summed E-state index contributed by atoms with van der Waals surface area (Å²) in [5, 5.41) is 7.24. The van der Waals surface area contributed by atoms with Gasteiger partial charge in [0.2, 0.25) is 0 Å². The quantitative estimate of drug-likeness (QED) is 0.478. The Morgan fingerprint density at radius 1 is 1.03 bits per heavy atom. The number of carbonyl (C=O) groups is 1. The van der Waals surface area contributed by atoms with E-state index in [1.807, 2.05) is 48.5 Å². The standard InChI is InChI=1S/C24H22N4O2/c1-30-21-8-2-5-17(13-21)10-12-26-20-14-19(15-25-16-20)24(29)28-22-9-3-6-18-7-4-11-27-23(18)22/h2-9,11,13-16,26H,10,12H2,1H3,(H,28,29). The number of benzene rings is 2. The van der Waals surface area contributed by atoms with E-state index in [0.29, 0.717) is 17.8 Å². The number of nitrogens with zero attached hydrogens (tertiary/aromatic N) is 2. The van der Waals surface area contributed by atoms with Crippen LogP contribution in [0, 0.1) is 0 Å². The van der Waals surface area contributed by atoms with Crippen molar-refractivity contribution in [2.75, 3.05) is 24.3 Å². The number of fused-ring (bicyclic) bond motifs is 1. The van der Waals surface area contributed by atoms with E-state index in [2.05, 4.69) is 26.7 Å². The van der Waals surface area contributed by atoms with Crippen LogP contribution in [-0.2, 0) is 6.42 Å². The Morgan fingerprint density at radius 2 is 1.90 bits per heavy atom. The van der Waals surface area contributed by atoms with E-state index >= 15 is 0 Å². The lowest BCUT2D eigenvalue weighted by Gasteiger charge is -2.10. The van der Waals surface area contributed by atoms with E-state index in [-0.39, 0.29) is 5.91 Å². The van der Waals surface area contributed by atoms with Crippen molar-refractivity contribution >= 4 is 28.2 Å². The molecule has 0 unspecified atom stereocenters. The van der Waals surface area contributed by atoms with Crippen LogP contribution in [-0.4, -0.2) is 29.5 Å². The molecule has 2 aromatic carbocycles. The molecule has 0 aliphatic carbocycles. The summed E-state index contributed by atoms with van der Waals surface area (Å²) in [5.41, 5.74) is 3.88. The first-order chi connectivity index (χ1) is 14.7. The van der Waals surface area contributed by atoms with Crippen molar-refractivity contribution in [3.05, 3.63) is 90.4 Å². The topological polar surface area (TPSA) is 76.1 Å². The Bertz CT molecular complexity index is 1170. The van der Waals surface area contributed by atoms with Gasteiger partial charge in [-0.25, -0.2) is 0 Å². The summed E-state index contributed by atoms with van der Waals surface area (Å²) in [6.45, 7) is 0.715. The minimum Gasteiger partial charge on any atom is -0.497 e. The van der Waals surface area contributed by atoms with Gasteiger partial charge in [-0.05, 0) is 42.3 Å². The predicted molar refractivity (Wildman–Crippen MR) is 119 cm³/mol. The van der Waals surface area contributed by atoms with Gasteiger partial charge in [0.25, 0.3) is 5.91 Å². The molecule has 0 aliphatic rings. The lowest BCUT2D eigenvalue weighted by Crippen LogP contribution is -2.13. The number of ether oxygens (including phenoxy) is 1. The third-order valence-corrected chi connectivity index (χ3v) is 4.76. The second-order valence-corrected chi connectivity index (χ2v) is 6.83. The number of para-hydroxylation sites is 1. The smallest absolute Gasteiger partial charge is 0.257 e. The number of nitrogens with one attached hydrogen (secondary N) is 2. The molecule has 150 valence electrons. The number of rotatable bonds is 7. The minimum atomic E-state index is -0.225. The van der Waals surface area contributed by atoms with Crippen molar-refractivity contribution in [3.8, 4) is 5.75 Å². The molecule has 6 heteroatoms. The molecule has 0 spiro atoms. The summed E-state index contributed by atoms with van der Waals surface area (Å²) >= 11 is 0. The van der Waals surface area contributed by atoms with Crippen LogP contribution in [0.15, 0.2) is 79.3 Å². The van der Waals surface area contributed by atoms with E-state index in [0.717, 1.165) is 28.8 Å². The lowest BCUT2D eigenvalue weighted by atomic mass is 10.1. The van der Waals surface area contributed by atoms with E-state index in [9.17, 15) is 4.79 Å². The average molecular weight is 398 g/mol. The largest absolute Gasteiger partial charge is 0.497 e. The Balaban J connectivity index is 1.41. The molecule has 30 heavy (non-hydrogen) atoms. The monoisotopic (exact) mass is 398 g/mol. The number of amides is 1. The predicted octanol–water partition coefficient (Wildman–Crippen LogP) is 4.55. The van der Waals surface area contributed by atoms with Crippen molar-refractivity contribution in [1.29, 1.82) is 0 Å². The molecule has 0 saturated heterocycles. The first-order valence-electron chi connectivity index (χ1n) is 9.70. The molecule has 0 radical (unpaired) electrons. The highest BCUT2D eigenvalue weighted by Gasteiger charge is 2.10. The van der Waals surface area contributed by atoms with Crippen LogP contribution >= 0.6 is 0 Å². The van der Waals surface area contributed by atoms with Crippen molar-refractivity contribution in [2.45, 2.75) is 6.42 Å². The van der Waals surface area contributed by atoms with Crippen LogP contribution in [0.3, 0.4) is 0 Å². The third kappa shape index (κ3) is 4.55. The molecule has 6 nitrogen and oxygen atoms in total. The van der Waals surface area contributed by atoms with Crippen LogP contribution in [0.1, 0.15) is 15.9 Å². The van der Waals surface area contributed by atoms with Crippen LogP contribution in [0.2, 0.25) is 0 Å². The normalized spacial score (nSPS) is 10.6. The molecule has 4 aromatic rings. The number of carbonyl (C=O) groups excluding carboxylic acids is 1. The average Bonchev–Trinajstić information content (AvgIpc) is 2.80. The van der Waals surface area contributed by atoms with Crippen molar-refractivity contribution in [3.63, 3.8) is 0 Å². The van der Waals surface area contributed by atoms with Crippen molar-refractivity contribution < 1.29 is 9.53 Å². The molecule has 0 saturated carbocycles. The summed E-state index contributed by atoms with van der Waals surface area (Å²) < 4.78 is 5.26. The van der Waals surface area contributed by atoms with Crippen LogP contribution in [0.25, 0.3) is 10.9 Å². The molecule has 1 amide bonds. The van der Waals surface area contributed by atoms with Crippen molar-refractivity contribution in [2.24, 2.45) is 0 Å². The van der Waals surface area contributed by atoms with Gasteiger partial charge in [0.15, 0.2) is 0 Å². The summed E-state index contributed by atoms with van der Waals surface area (Å²) in [6.07, 6.45) is 5.81. The van der Waals surface area contributed by atoms with E-state index in [1.165, 1.54) is 5.56 Å². The summed E-state index contributed by atoms with van der Waals surface area (Å²) in [6, 6.07) is 19.3. The summed E-state index contributed by atoms with van der Waals surface area (Å²) in [7, 11) is 1.66. The van der Waals surface area contributed by atoms with E-state index in [1.54, 1.807) is 31.8 Å². The highest BCUT2D eigenvalue weighted by Crippen LogP contribution is 2.21. The Hall–Kier alpha value is -3.93. The SMILES string of the molecule is COc1cccc(CCNc2cncc(C(=O)Nc3cccc4cccnc34)c2)c1. The van der Waals surface area contributed by atoms with Gasteiger partial charge in [0.1, 0.15) is 5.75 Å². The molecule has 4 rings (SSSR count). The van der Waals surface area contributed by atoms with Crippen LogP contribution < -0.4 is 15.4 Å². The van der Waals surface area contributed by atoms with Gasteiger partial charge in [-0.2, -0.15) is 0 Å². The second kappa shape index (κ2) is 9.05. The molecule has 2 heterocycles. The molecule has 2 N–H and O–H groups in total. The number of hydrogen-bond donors (Lipinski definition) is 2. The van der Waals surface area contributed by atoms with Crippen molar-refractivity contribution in [1.82, 2.24) is 9.97 Å². The van der Waals surface area contributed by atoms with Gasteiger partial charge in [0.05, 0.1) is 29.6 Å². The first kappa shape index (κ1) is 19.4. The van der Waals surface area contributed by atoms with E-state index in [4.69, 9.17) is 4.74 Å². The number of anilines is 2. The number of hydrogen-bond acceptors (Lipinski definition) is 5. The fraction of sp³-hybridized carbons (Fsp3) is 0.125. The summed E-state index contributed by atoms with van der Waals surface area (Å²) in [5.74, 6) is 0.618. The minimum absolute atomic E-state index is 0.225. The zero-order chi connectivity index (χ0) is 20.8. The first-order valence-corrected chi connectivity index (χ1v) is 9.70. The molecular formula is C24H22N4O2. The molecule has 0 atom stereocenters. The molecule has 0 fully saturated rings. The molecule has 0 aliphatic heterocycles. The lowest BCUT2D eigenvalue weighted by molar-refractivity contribution is 0.102. The maximum absolute atomic E-state index is 12.8. The fourth-order valence-corrected chi connectivity index (χ4v) is 3.24. The Morgan fingerprint density at radius 3 is 2.80 bits per heavy atom. The van der Waals surface area contributed by atoms with E-state index < -0.39 is 0 Å². The maximum Gasteiger partial charge on any atom is 0.257 e. The summed E-state index contributed by atoms with van der Waals surface area (Å²) in [4.78, 5) is 21.3. The van der Waals surface area contributed by atoms with Gasteiger partial charge in [0, 0.05) is 30.5 Å². The molecular weight excluding hydrogens is 376 g/mol. The third-order valence-electron chi connectivity index (χ3n) is 4.76. The van der Waals surface area contributed by atoms with Gasteiger partial charge >= 0.3 is 0 Å². The zero-order valence-electron chi connectivity index (χ0n) is 16.6. The Labute approximate surface area is 175 Å². The number of aromatic nitrogens is 2. The Kier molecular flexibility index (Phi) is 5.85. The van der Waals surface area contributed by atoms with Gasteiger partial charge in [-0.3, -0.25) is 14.8 Å². The highest BCUT2D eigenvalue weighted by atomic mass is 16.5. The van der Waals surface area contributed by atoms with Gasteiger partial charge in [-0.15, -0.1) is 0 Å². The van der Waals surface area contributed by atoms with Crippen LogP contribution in [0.4, 0.5) is 11.4 Å². The zero-order valence-corrected chi connectivity index (χ0v) is 16.6. The molecule has 2 aromatic heterocycles. The van der Waals surface area contributed by atoms with Crippen LogP contribution in [0.5, 0.6) is 5.75 Å². The number of methoxy groups -OCH3 is 1. The maximum atomic E-state index is 12.8. The molecule has 0 bridgehead atoms. The fourth-order valence-electron chi connectivity index (χ4n) is 3.24. The van der Waals surface area contributed by atoms with Gasteiger partial charge < -0.3 is 15.4 Å². The number of pyridine rings is 2. The highest BCUT2D eigenvalue weighted by molar-refractivity contribution is 6.08. The second-order valence-electron chi connectivity index (χ2n) is 6.83.